The minimum Gasteiger partial charge on any atom is -0.490 e. The van der Waals surface area contributed by atoms with Gasteiger partial charge in [-0.05, 0) is 48.0 Å². The summed E-state index contributed by atoms with van der Waals surface area (Å²) in [5.41, 5.74) is 1.69. The van der Waals surface area contributed by atoms with Crippen molar-refractivity contribution in [1.82, 2.24) is 15.0 Å². The third-order valence-electron chi connectivity index (χ3n) is 4.63. The smallest absolute Gasteiger partial charge is 0.163 e. The summed E-state index contributed by atoms with van der Waals surface area (Å²) in [5, 5.41) is 12.5. The number of aromatic nitrogens is 3. The van der Waals surface area contributed by atoms with Crippen LogP contribution in [-0.2, 0) is 0 Å². The first-order valence-corrected chi connectivity index (χ1v) is 9.50. The number of hydrogen-bond donors (Lipinski definition) is 1. The monoisotopic (exact) mass is 417 g/mol. The van der Waals surface area contributed by atoms with E-state index in [0.29, 0.717) is 39.4 Å². The fraction of sp³-hybridized carbons (Fsp3) is 0.130. The lowest BCUT2D eigenvalue weighted by Crippen LogP contribution is -2.03. The number of nitriles is 1. The Bertz CT molecular complexity index is 1290. The average Bonchev–Trinajstić information content (AvgIpc) is 2.80. The highest BCUT2D eigenvalue weighted by Crippen LogP contribution is 2.37. The number of rotatable bonds is 6. The molecule has 0 aliphatic carbocycles. The molecular weight excluding hydrogens is 400 g/mol. The van der Waals surface area contributed by atoms with Gasteiger partial charge in [-0.1, -0.05) is 0 Å². The Kier molecular flexibility index (Phi) is 5.67. The first kappa shape index (κ1) is 20.2. The highest BCUT2D eigenvalue weighted by Gasteiger charge is 2.17. The molecule has 0 atom stereocenters. The van der Waals surface area contributed by atoms with Crippen molar-refractivity contribution in [2.75, 3.05) is 19.0 Å². The van der Waals surface area contributed by atoms with Gasteiger partial charge in [0.25, 0.3) is 0 Å². The molecule has 0 amide bonds. The molecule has 0 aliphatic rings. The van der Waals surface area contributed by atoms with Gasteiger partial charge < -0.3 is 10.1 Å². The van der Waals surface area contributed by atoms with Crippen molar-refractivity contribution >= 4 is 16.7 Å². The molecule has 0 saturated heterocycles. The van der Waals surface area contributed by atoms with Crippen LogP contribution in [0.4, 0.5) is 14.6 Å². The largest absolute Gasteiger partial charge is 0.490 e. The van der Waals surface area contributed by atoms with Crippen molar-refractivity contribution in [3.05, 3.63) is 66.5 Å². The summed E-state index contributed by atoms with van der Waals surface area (Å²) in [5.74, 6) is 0.144. The second-order valence-electron chi connectivity index (χ2n) is 6.64. The van der Waals surface area contributed by atoms with Crippen LogP contribution in [0.1, 0.15) is 6.42 Å². The zero-order chi connectivity index (χ0) is 21.8. The molecule has 2 aromatic heterocycles. The maximum Gasteiger partial charge on any atom is 0.163 e. The van der Waals surface area contributed by atoms with E-state index >= 15 is 0 Å². The van der Waals surface area contributed by atoms with E-state index in [4.69, 9.17) is 10.00 Å². The third-order valence-corrected chi connectivity index (χ3v) is 4.63. The van der Waals surface area contributed by atoms with Crippen LogP contribution >= 0.6 is 0 Å². The molecule has 4 aromatic rings. The molecule has 0 aliphatic heterocycles. The molecule has 0 fully saturated rings. The molecule has 0 saturated carbocycles. The number of halogens is 2. The lowest BCUT2D eigenvalue weighted by molar-refractivity contribution is 0.330. The van der Waals surface area contributed by atoms with Crippen LogP contribution in [0.3, 0.4) is 0 Å². The van der Waals surface area contributed by atoms with Crippen LogP contribution in [0, 0.1) is 23.0 Å². The standard InChI is InChI=1S/C23H17F2N5O/c1-27-23-18-10-15(17-12-16(24)5-6-19(17)25)11-20(31-9-3-7-26)21(18)29-22(30-23)14-4-2-8-28-13-14/h2,4-6,8,10-13H,3,9H2,1H3,(H,27,29,30). The summed E-state index contributed by atoms with van der Waals surface area (Å²) in [6.45, 7) is 0.127. The third kappa shape index (κ3) is 4.12. The van der Waals surface area contributed by atoms with Gasteiger partial charge in [-0.25, -0.2) is 18.7 Å². The second kappa shape index (κ2) is 8.71. The normalized spacial score (nSPS) is 10.6. The van der Waals surface area contributed by atoms with Gasteiger partial charge in [0.15, 0.2) is 5.82 Å². The van der Waals surface area contributed by atoms with E-state index in [-0.39, 0.29) is 18.6 Å². The fourth-order valence-electron chi connectivity index (χ4n) is 3.21. The Morgan fingerprint density at radius 1 is 1.10 bits per heavy atom. The first-order chi connectivity index (χ1) is 15.1. The number of fused-ring (bicyclic) bond motifs is 1. The van der Waals surface area contributed by atoms with Gasteiger partial charge in [0, 0.05) is 36.0 Å². The predicted octanol–water partition coefficient (Wildman–Crippen LogP) is 4.97. The Labute approximate surface area is 177 Å². The van der Waals surface area contributed by atoms with E-state index in [0.717, 1.165) is 18.2 Å². The van der Waals surface area contributed by atoms with E-state index in [1.54, 1.807) is 37.6 Å². The van der Waals surface area contributed by atoms with Crippen molar-refractivity contribution in [3.63, 3.8) is 0 Å². The number of pyridine rings is 1. The van der Waals surface area contributed by atoms with Crippen LogP contribution in [-0.4, -0.2) is 28.6 Å². The van der Waals surface area contributed by atoms with E-state index < -0.39 is 11.6 Å². The molecule has 2 heterocycles. The Morgan fingerprint density at radius 2 is 1.97 bits per heavy atom. The van der Waals surface area contributed by atoms with Crippen LogP contribution in [0.15, 0.2) is 54.9 Å². The van der Waals surface area contributed by atoms with Gasteiger partial charge in [0.1, 0.15) is 35.3 Å². The summed E-state index contributed by atoms with van der Waals surface area (Å²) in [6, 6.07) is 12.2. The van der Waals surface area contributed by atoms with Gasteiger partial charge >= 0.3 is 0 Å². The SMILES string of the molecule is CNc1nc(-c2cccnc2)nc2c(OCCC#N)cc(-c3cc(F)ccc3F)cc12. The summed E-state index contributed by atoms with van der Waals surface area (Å²) in [7, 11) is 1.71. The van der Waals surface area contributed by atoms with E-state index in [2.05, 4.69) is 20.3 Å². The molecule has 6 nitrogen and oxygen atoms in total. The summed E-state index contributed by atoms with van der Waals surface area (Å²) >= 11 is 0. The van der Waals surface area contributed by atoms with Crippen molar-refractivity contribution in [2.24, 2.45) is 0 Å². The topological polar surface area (TPSA) is 83.7 Å². The van der Waals surface area contributed by atoms with Gasteiger partial charge in [-0.3, -0.25) is 4.98 Å². The Morgan fingerprint density at radius 3 is 2.71 bits per heavy atom. The molecule has 31 heavy (non-hydrogen) atoms. The Balaban J connectivity index is 1.97. The molecule has 0 bridgehead atoms. The summed E-state index contributed by atoms with van der Waals surface area (Å²) in [4.78, 5) is 13.3. The Hall–Kier alpha value is -4.12. The highest BCUT2D eigenvalue weighted by molar-refractivity contribution is 5.97. The van der Waals surface area contributed by atoms with Gasteiger partial charge in [-0.15, -0.1) is 0 Å². The quantitative estimate of drug-likeness (QED) is 0.446. The number of ether oxygens (including phenoxy) is 1. The molecule has 8 heteroatoms. The lowest BCUT2D eigenvalue weighted by atomic mass is 10.0. The highest BCUT2D eigenvalue weighted by atomic mass is 19.1. The minimum absolute atomic E-state index is 0.0884. The number of anilines is 1. The van der Waals surface area contributed by atoms with E-state index in [1.807, 2.05) is 12.1 Å². The van der Waals surface area contributed by atoms with Crippen LogP contribution < -0.4 is 10.1 Å². The van der Waals surface area contributed by atoms with E-state index in [9.17, 15) is 8.78 Å². The maximum absolute atomic E-state index is 14.5. The van der Waals surface area contributed by atoms with Crippen LogP contribution in [0.5, 0.6) is 5.75 Å². The van der Waals surface area contributed by atoms with Crippen LogP contribution in [0.2, 0.25) is 0 Å². The second-order valence-corrected chi connectivity index (χ2v) is 6.64. The lowest BCUT2D eigenvalue weighted by Gasteiger charge is -2.15. The van der Waals surface area contributed by atoms with Gasteiger partial charge in [0.05, 0.1) is 12.5 Å². The number of nitrogens with zero attached hydrogens (tertiary/aromatic N) is 4. The molecule has 0 radical (unpaired) electrons. The van der Waals surface area contributed by atoms with Gasteiger partial charge in [0.2, 0.25) is 0 Å². The molecule has 154 valence electrons. The molecule has 2 aromatic carbocycles. The summed E-state index contributed by atoms with van der Waals surface area (Å²) < 4.78 is 34.1. The molecule has 4 rings (SSSR count). The summed E-state index contributed by atoms with van der Waals surface area (Å²) in [6.07, 6.45) is 3.46. The van der Waals surface area contributed by atoms with Crippen LogP contribution in [0.25, 0.3) is 33.4 Å². The van der Waals surface area contributed by atoms with Crippen molar-refractivity contribution < 1.29 is 13.5 Å². The number of nitrogens with one attached hydrogen (secondary N) is 1. The maximum atomic E-state index is 14.5. The van der Waals surface area contributed by atoms with Gasteiger partial charge in [-0.2, -0.15) is 5.26 Å². The zero-order valence-electron chi connectivity index (χ0n) is 16.6. The molecular formula is C23H17F2N5O. The minimum atomic E-state index is -0.567. The van der Waals surface area contributed by atoms with E-state index in [1.165, 1.54) is 0 Å². The average molecular weight is 417 g/mol. The van der Waals surface area contributed by atoms with Crippen molar-refractivity contribution in [2.45, 2.75) is 6.42 Å². The first-order valence-electron chi connectivity index (χ1n) is 9.50. The van der Waals surface area contributed by atoms with Crippen molar-refractivity contribution in [3.8, 4) is 34.3 Å². The number of benzene rings is 2. The molecule has 0 spiro atoms. The number of hydrogen-bond acceptors (Lipinski definition) is 6. The van der Waals surface area contributed by atoms with Crippen molar-refractivity contribution in [1.29, 1.82) is 5.26 Å². The molecule has 1 N–H and O–H groups in total. The fourth-order valence-corrected chi connectivity index (χ4v) is 3.21. The molecule has 0 unspecified atom stereocenters. The zero-order valence-corrected chi connectivity index (χ0v) is 16.6. The predicted molar refractivity (Wildman–Crippen MR) is 113 cm³/mol.